The number of hydrogen-bond acceptors (Lipinski definition) is 3. The third-order valence-corrected chi connectivity index (χ3v) is 8.59. The fourth-order valence-electron chi connectivity index (χ4n) is 5.36. The minimum atomic E-state index is 0.295. The number of pyridine rings is 1. The van der Waals surface area contributed by atoms with E-state index in [1.54, 1.807) is 12.3 Å². The van der Waals surface area contributed by atoms with Gasteiger partial charge in [-0.05, 0) is 92.4 Å². The highest BCUT2D eigenvalue weighted by Crippen LogP contribution is 2.57. The molecule has 200 valence electrons. The number of benzene rings is 2. The summed E-state index contributed by atoms with van der Waals surface area (Å²) in [5.74, 6) is 1.29. The predicted molar refractivity (Wildman–Crippen MR) is 160 cm³/mol. The minimum Gasteiger partial charge on any atom is -0.314 e. The van der Waals surface area contributed by atoms with Crippen molar-refractivity contribution < 1.29 is 0 Å². The van der Waals surface area contributed by atoms with Crippen molar-refractivity contribution in [2.45, 2.75) is 58.9 Å². The monoisotopic (exact) mass is 548 g/mol. The zero-order valence-corrected chi connectivity index (χ0v) is 24.2. The fraction of sp³-hybridized carbons (Fsp3) is 0.375. The number of halogens is 2. The maximum atomic E-state index is 5.68. The van der Waals surface area contributed by atoms with Gasteiger partial charge in [0.2, 0.25) is 0 Å². The molecule has 1 aliphatic rings. The van der Waals surface area contributed by atoms with E-state index in [0.717, 1.165) is 35.7 Å². The molecule has 2 N–H and O–H groups in total. The summed E-state index contributed by atoms with van der Waals surface area (Å²) in [4.78, 5) is 4.20. The molecule has 0 radical (unpaired) electrons. The Morgan fingerprint density at radius 2 is 1.82 bits per heavy atom. The van der Waals surface area contributed by atoms with Crippen LogP contribution in [0.4, 0.5) is 0 Å². The van der Waals surface area contributed by atoms with Crippen LogP contribution in [0, 0.1) is 18.3 Å². The third kappa shape index (κ3) is 7.25. The molecule has 5 rings (SSSR count). The molecule has 3 unspecified atom stereocenters. The van der Waals surface area contributed by atoms with Crippen LogP contribution >= 0.6 is 23.2 Å². The molecule has 1 aliphatic carbocycles. The van der Waals surface area contributed by atoms with E-state index >= 15 is 0 Å². The van der Waals surface area contributed by atoms with Gasteiger partial charge < -0.3 is 5.32 Å². The number of nitrogens with zero attached hydrogens (tertiary/aromatic N) is 2. The summed E-state index contributed by atoms with van der Waals surface area (Å²) in [6.07, 6.45) is 7.22. The quantitative estimate of drug-likeness (QED) is 0.232. The van der Waals surface area contributed by atoms with Crippen LogP contribution in [0.15, 0.2) is 79.1 Å². The maximum absolute atomic E-state index is 5.68. The Kier molecular flexibility index (Phi) is 9.64. The first-order chi connectivity index (χ1) is 18.2. The van der Waals surface area contributed by atoms with Crippen LogP contribution in [-0.2, 0) is 6.42 Å². The summed E-state index contributed by atoms with van der Waals surface area (Å²) in [6, 6.07) is 23.0. The van der Waals surface area contributed by atoms with E-state index in [-0.39, 0.29) is 0 Å². The number of hydrogen-bond donors (Lipinski definition) is 2. The summed E-state index contributed by atoms with van der Waals surface area (Å²) in [5.41, 5.74) is 6.15. The average molecular weight is 550 g/mol. The Labute approximate surface area is 237 Å². The zero-order chi connectivity index (χ0) is 27.1. The molecule has 1 saturated carbocycles. The molecule has 4 aromatic rings. The Morgan fingerprint density at radius 3 is 2.47 bits per heavy atom. The van der Waals surface area contributed by atoms with Crippen molar-refractivity contribution in [3.63, 3.8) is 0 Å². The van der Waals surface area contributed by atoms with E-state index < -0.39 is 0 Å². The number of nitrogens with one attached hydrogen (secondary N) is 2. The van der Waals surface area contributed by atoms with Gasteiger partial charge >= 0.3 is 0 Å². The largest absolute Gasteiger partial charge is 0.314 e. The van der Waals surface area contributed by atoms with Gasteiger partial charge in [0.05, 0.1) is 15.7 Å². The molecule has 1 fully saturated rings. The van der Waals surface area contributed by atoms with Gasteiger partial charge in [0.1, 0.15) is 0 Å². The number of aromatic nitrogens is 3. The molecule has 4 nitrogen and oxygen atoms in total. The molecule has 2 heterocycles. The van der Waals surface area contributed by atoms with Crippen LogP contribution in [0.5, 0.6) is 0 Å². The van der Waals surface area contributed by atoms with Crippen molar-refractivity contribution in [1.29, 1.82) is 0 Å². The van der Waals surface area contributed by atoms with Gasteiger partial charge in [0.25, 0.3) is 0 Å². The number of aromatic amines is 1. The van der Waals surface area contributed by atoms with Gasteiger partial charge in [-0.25, -0.2) is 0 Å². The average Bonchev–Trinajstić information content (AvgIpc) is 3.39. The lowest BCUT2D eigenvalue weighted by atomic mass is 9.53. The van der Waals surface area contributed by atoms with Crippen LogP contribution in [0.25, 0.3) is 11.3 Å². The second kappa shape index (κ2) is 12.9. The summed E-state index contributed by atoms with van der Waals surface area (Å²) in [5, 5.41) is 12.8. The highest BCUT2D eigenvalue weighted by atomic mass is 35.5. The Morgan fingerprint density at radius 1 is 1.03 bits per heavy atom. The highest BCUT2D eigenvalue weighted by Gasteiger charge is 2.48. The molecule has 38 heavy (non-hydrogen) atoms. The van der Waals surface area contributed by atoms with Crippen molar-refractivity contribution >= 4 is 23.2 Å². The van der Waals surface area contributed by atoms with Crippen molar-refractivity contribution in [2.75, 3.05) is 6.54 Å². The third-order valence-electron chi connectivity index (χ3n) is 7.85. The minimum absolute atomic E-state index is 0.295. The van der Waals surface area contributed by atoms with Crippen LogP contribution in [-0.4, -0.2) is 27.8 Å². The Bertz CT molecular complexity index is 1290. The molecular weight excluding hydrogens is 511 g/mol. The first-order valence-electron chi connectivity index (χ1n) is 13.4. The number of rotatable bonds is 8. The Hall–Kier alpha value is -2.66. The topological polar surface area (TPSA) is 53.6 Å². The first kappa shape index (κ1) is 28.4. The van der Waals surface area contributed by atoms with Gasteiger partial charge in [-0.3, -0.25) is 10.1 Å². The second-order valence-electron chi connectivity index (χ2n) is 11.0. The summed E-state index contributed by atoms with van der Waals surface area (Å²) in [6.45, 7) is 10.2. The SMILES string of the molecule is CC(Cc1ccccc1)NCCC1CC(c2cc(-c3cccnc3)n[nH]2)C1(C)C.Cc1ccc(Cl)c(Cl)c1. The van der Waals surface area contributed by atoms with Crippen LogP contribution < -0.4 is 5.32 Å². The van der Waals surface area contributed by atoms with Gasteiger partial charge in [-0.2, -0.15) is 5.10 Å². The lowest BCUT2D eigenvalue weighted by molar-refractivity contribution is 0.0243. The lowest BCUT2D eigenvalue weighted by Crippen LogP contribution is -2.45. The molecule has 0 aliphatic heterocycles. The lowest BCUT2D eigenvalue weighted by Gasteiger charge is -2.52. The van der Waals surface area contributed by atoms with Crippen molar-refractivity contribution in [3.05, 3.63) is 106 Å². The highest BCUT2D eigenvalue weighted by molar-refractivity contribution is 6.42. The summed E-state index contributed by atoms with van der Waals surface area (Å²) in [7, 11) is 0. The zero-order valence-electron chi connectivity index (χ0n) is 22.7. The van der Waals surface area contributed by atoms with E-state index in [1.165, 1.54) is 24.1 Å². The summed E-state index contributed by atoms with van der Waals surface area (Å²) >= 11 is 11.3. The molecular formula is C32H38Cl2N4. The fourth-order valence-corrected chi connectivity index (χ4v) is 5.71. The maximum Gasteiger partial charge on any atom is 0.0939 e. The molecule has 0 spiro atoms. The van der Waals surface area contributed by atoms with Gasteiger partial charge in [-0.15, -0.1) is 0 Å². The standard InChI is InChI=1S/C25H32N4.C7H6Cl2/c1-18(14-19-8-5-4-6-9-19)27-13-11-21-15-22(25(21,2)3)24-16-23(28-29-24)20-10-7-12-26-17-20;1-5-2-3-6(8)7(9)4-5/h4-10,12,16-18,21-22,27H,11,13-15H2,1-3H3,(H,28,29);2-4H,1H3. The van der Waals surface area contributed by atoms with Gasteiger partial charge in [0, 0.05) is 35.6 Å². The Balaban J connectivity index is 0.000000317. The van der Waals surface area contributed by atoms with E-state index in [9.17, 15) is 0 Å². The van der Waals surface area contributed by atoms with Gasteiger partial charge in [-0.1, -0.05) is 73.4 Å². The number of aryl methyl sites for hydroxylation is 1. The molecule has 0 saturated heterocycles. The molecule has 6 heteroatoms. The molecule has 2 aromatic heterocycles. The van der Waals surface area contributed by atoms with Crippen LogP contribution in [0.1, 0.15) is 56.4 Å². The van der Waals surface area contributed by atoms with Gasteiger partial charge in [0.15, 0.2) is 0 Å². The molecule has 0 amide bonds. The molecule has 0 bridgehead atoms. The predicted octanol–water partition coefficient (Wildman–Crippen LogP) is 8.51. The van der Waals surface area contributed by atoms with Crippen LogP contribution in [0.3, 0.4) is 0 Å². The van der Waals surface area contributed by atoms with E-state index in [0.29, 0.717) is 27.4 Å². The van der Waals surface area contributed by atoms with Crippen LogP contribution in [0.2, 0.25) is 10.0 Å². The summed E-state index contributed by atoms with van der Waals surface area (Å²) < 4.78 is 0. The molecule has 2 aromatic carbocycles. The van der Waals surface area contributed by atoms with Crippen molar-refractivity contribution in [3.8, 4) is 11.3 Å². The van der Waals surface area contributed by atoms with E-state index in [4.69, 9.17) is 23.2 Å². The number of H-pyrrole nitrogens is 1. The normalized spacial score (nSPS) is 18.7. The molecule has 3 atom stereocenters. The van der Waals surface area contributed by atoms with E-state index in [2.05, 4.69) is 83.7 Å². The second-order valence-corrected chi connectivity index (χ2v) is 11.8. The van der Waals surface area contributed by atoms with Crippen molar-refractivity contribution in [2.24, 2.45) is 11.3 Å². The smallest absolute Gasteiger partial charge is 0.0939 e. The van der Waals surface area contributed by atoms with E-state index in [1.807, 2.05) is 31.3 Å². The van der Waals surface area contributed by atoms with Crippen molar-refractivity contribution in [1.82, 2.24) is 20.5 Å². The first-order valence-corrected chi connectivity index (χ1v) is 14.1.